The molecule has 0 saturated carbocycles. The van der Waals surface area contributed by atoms with Crippen LogP contribution in [-0.4, -0.2) is 21.9 Å². The summed E-state index contributed by atoms with van der Waals surface area (Å²) in [6, 6.07) is 2.14. The van der Waals surface area contributed by atoms with Crippen LogP contribution in [0.1, 0.15) is 22.8 Å². The zero-order valence-corrected chi connectivity index (χ0v) is 10.5. The van der Waals surface area contributed by atoms with Crippen molar-refractivity contribution in [3.05, 3.63) is 35.2 Å². The number of halogens is 1. The predicted octanol–water partition coefficient (Wildman–Crippen LogP) is 2.40. The van der Waals surface area contributed by atoms with Crippen LogP contribution in [0.5, 0.6) is 0 Å². The minimum Gasteiger partial charge on any atom is -0.478 e. The first-order chi connectivity index (χ1) is 8.41. The standard InChI is InChI=1S/C12H12FNO3S/c1-7(15)18-4-2-3-8-5-9(12(16)17)11(14)6-10(8)13/h2-3,5-6H,4,14H2,1H3,(H,16,17). The summed E-state index contributed by atoms with van der Waals surface area (Å²) in [5.41, 5.74) is 5.26. The van der Waals surface area contributed by atoms with Crippen LogP contribution in [0.25, 0.3) is 6.08 Å². The van der Waals surface area contributed by atoms with Crippen molar-refractivity contribution >= 4 is 34.6 Å². The Morgan fingerprint density at radius 2 is 2.17 bits per heavy atom. The largest absolute Gasteiger partial charge is 0.478 e. The number of benzene rings is 1. The molecule has 0 fully saturated rings. The Labute approximate surface area is 108 Å². The summed E-state index contributed by atoms with van der Waals surface area (Å²) in [5, 5.41) is 8.81. The van der Waals surface area contributed by atoms with Crippen molar-refractivity contribution in [1.82, 2.24) is 0 Å². The molecule has 0 atom stereocenters. The lowest BCUT2D eigenvalue weighted by molar-refractivity contribution is -0.109. The average Bonchev–Trinajstić information content (AvgIpc) is 2.25. The van der Waals surface area contributed by atoms with Crippen LogP contribution in [0, 0.1) is 5.82 Å². The van der Waals surface area contributed by atoms with Crippen LogP contribution in [0.4, 0.5) is 10.1 Å². The van der Waals surface area contributed by atoms with Gasteiger partial charge in [0.05, 0.1) is 5.56 Å². The minimum absolute atomic E-state index is 0.0383. The molecule has 4 nitrogen and oxygen atoms in total. The molecule has 0 amide bonds. The number of hydrogen-bond acceptors (Lipinski definition) is 4. The Bertz CT molecular complexity index is 514. The molecule has 0 unspecified atom stereocenters. The zero-order chi connectivity index (χ0) is 13.7. The predicted molar refractivity (Wildman–Crippen MR) is 69.9 cm³/mol. The number of rotatable bonds is 4. The Hall–Kier alpha value is -1.82. The molecule has 0 aromatic heterocycles. The van der Waals surface area contributed by atoms with E-state index in [9.17, 15) is 14.0 Å². The summed E-state index contributed by atoms with van der Waals surface area (Å²) in [7, 11) is 0. The maximum absolute atomic E-state index is 13.5. The van der Waals surface area contributed by atoms with Gasteiger partial charge in [0.1, 0.15) is 5.82 Å². The van der Waals surface area contributed by atoms with Gasteiger partial charge in [0.15, 0.2) is 5.12 Å². The lowest BCUT2D eigenvalue weighted by atomic mass is 10.1. The van der Waals surface area contributed by atoms with E-state index in [4.69, 9.17) is 10.8 Å². The van der Waals surface area contributed by atoms with Crippen molar-refractivity contribution < 1.29 is 19.1 Å². The molecule has 3 N–H and O–H groups in total. The molecule has 1 aromatic carbocycles. The number of carboxylic acids is 1. The van der Waals surface area contributed by atoms with Crippen molar-refractivity contribution in [2.45, 2.75) is 6.92 Å². The molecule has 0 heterocycles. The fraction of sp³-hybridized carbons (Fsp3) is 0.167. The van der Waals surface area contributed by atoms with Crippen molar-refractivity contribution in [3.63, 3.8) is 0 Å². The second kappa shape index (κ2) is 6.20. The minimum atomic E-state index is -1.21. The number of anilines is 1. The van der Waals surface area contributed by atoms with Gasteiger partial charge in [-0.2, -0.15) is 0 Å². The molecular weight excluding hydrogens is 257 g/mol. The second-order valence-corrected chi connectivity index (χ2v) is 4.67. The number of nitrogen functional groups attached to an aromatic ring is 1. The van der Waals surface area contributed by atoms with E-state index in [1.807, 2.05) is 0 Å². The molecule has 1 aromatic rings. The summed E-state index contributed by atoms with van der Waals surface area (Å²) < 4.78 is 13.5. The molecule has 18 heavy (non-hydrogen) atoms. The van der Waals surface area contributed by atoms with E-state index < -0.39 is 11.8 Å². The number of carboxylic acid groups (broad SMARTS) is 1. The molecule has 6 heteroatoms. The molecule has 0 bridgehead atoms. The van der Waals surface area contributed by atoms with E-state index in [0.717, 1.165) is 17.8 Å². The molecule has 0 aliphatic heterocycles. The van der Waals surface area contributed by atoms with E-state index in [-0.39, 0.29) is 21.9 Å². The molecule has 0 aliphatic rings. The van der Waals surface area contributed by atoms with Crippen LogP contribution in [0.2, 0.25) is 0 Å². The van der Waals surface area contributed by atoms with Gasteiger partial charge in [0.2, 0.25) is 0 Å². The molecule has 0 saturated heterocycles. The van der Waals surface area contributed by atoms with Gasteiger partial charge in [-0.1, -0.05) is 23.9 Å². The third kappa shape index (κ3) is 3.89. The van der Waals surface area contributed by atoms with Crippen LogP contribution < -0.4 is 5.73 Å². The van der Waals surface area contributed by atoms with Gasteiger partial charge in [0, 0.05) is 23.9 Å². The van der Waals surface area contributed by atoms with Crippen molar-refractivity contribution in [2.24, 2.45) is 0 Å². The lowest BCUT2D eigenvalue weighted by Crippen LogP contribution is -2.04. The number of nitrogens with two attached hydrogens (primary N) is 1. The molecule has 0 spiro atoms. The highest BCUT2D eigenvalue weighted by molar-refractivity contribution is 8.13. The van der Waals surface area contributed by atoms with Gasteiger partial charge in [-0.25, -0.2) is 9.18 Å². The fourth-order valence-corrected chi connectivity index (χ4v) is 1.69. The first-order valence-corrected chi connectivity index (χ1v) is 6.02. The van der Waals surface area contributed by atoms with Gasteiger partial charge in [-0.3, -0.25) is 4.79 Å². The van der Waals surface area contributed by atoms with Crippen LogP contribution in [0.3, 0.4) is 0 Å². The van der Waals surface area contributed by atoms with Gasteiger partial charge >= 0.3 is 5.97 Å². The quantitative estimate of drug-likeness (QED) is 0.820. The van der Waals surface area contributed by atoms with Gasteiger partial charge in [-0.05, 0) is 12.1 Å². The third-order valence-corrected chi connectivity index (χ3v) is 2.85. The van der Waals surface area contributed by atoms with E-state index >= 15 is 0 Å². The van der Waals surface area contributed by atoms with E-state index in [0.29, 0.717) is 5.75 Å². The van der Waals surface area contributed by atoms with Crippen LogP contribution in [0.15, 0.2) is 18.2 Å². The lowest BCUT2D eigenvalue weighted by Gasteiger charge is -2.03. The summed E-state index contributed by atoms with van der Waals surface area (Å²) in [5.74, 6) is -1.40. The molecule has 1 rings (SSSR count). The summed E-state index contributed by atoms with van der Waals surface area (Å²) in [6.45, 7) is 1.44. The van der Waals surface area contributed by atoms with Gasteiger partial charge in [-0.15, -0.1) is 0 Å². The average molecular weight is 269 g/mol. The smallest absolute Gasteiger partial charge is 0.337 e. The van der Waals surface area contributed by atoms with Gasteiger partial charge < -0.3 is 10.8 Å². The summed E-state index contributed by atoms with van der Waals surface area (Å²) in [4.78, 5) is 21.5. The van der Waals surface area contributed by atoms with Crippen LogP contribution >= 0.6 is 11.8 Å². The van der Waals surface area contributed by atoms with Gasteiger partial charge in [0.25, 0.3) is 0 Å². The van der Waals surface area contributed by atoms with Crippen molar-refractivity contribution in [3.8, 4) is 0 Å². The Morgan fingerprint density at radius 3 is 2.72 bits per heavy atom. The molecular formula is C12H12FNO3S. The topological polar surface area (TPSA) is 80.4 Å². The second-order valence-electron chi connectivity index (χ2n) is 3.47. The first-order valence-electron chi connectivity index (χ1n) is 5.04. The number of hydrogen-bond donors (Lipinski definition) is 2. The Morgan fingerprint density at radius 1 is 1.50 bits per heavy atom. The molecule has 0 aliphatic carbocycles. The number of aromatic carboxylic acids is 1. The normalized spacial score (nSPS) is 10.8. The fourth-order valence-electron chi connectivity index (χ4n) is 1.26. The Balaban J connectivity index is 2.92. The zero-order valence-electron chi connectivity index (χ0n) is 9.64. The Kier molecular flexibility index (Phi) is 4.91. The maximum Gasteiger partial charge on any atom is 0.337 e. The van der Waals surface area contributed by atoms with E-state index in [1.165, 1.54) is 19.1 Å². The van der Waals surface area contributed by atoms with E-state index in [1.54, 1.807) is 6.08 Å². The van der Waals surface area contributed by atoms with E-state index in [2.05, 4.69) is 0 Å². The van der Waals surface area contributed by atoms with Crippen molar-refractivity contribution in [2.75, 3.05) is 11.5 Å². The highest BCUT2D eigenvalue weighted by Gasteiger charge is 2.11. The molecule has 0 radical (unpaired) electrons. The first kappa shape index (κ1) is 14.2. The number of carbonyl (C=O) groups excluding carboxylic acids is 1. The van der Waals surface area contributed by atoms with Crippen molar-refractivity contribution in [1.29, 1.82) is 0 Å². The highest BCUT2D eigenvalue weighted by Crippen LogP contribution is 2.19. The molecule has 96 valence electrons. The summed E-state index contributed by atoms with van der Waals surface area (Å²) in [6.07, 6.45) is 3.02. The highest BCUT2D eigenvalue weighted by atomic mass is 32.2. The SMILES string of the molecule is CC(=O)SCC=Cc1cc(C(=O)O)c(N)cc1F. The monoisotopic (exact) mass is 269 g/mol. The maximum atomic E-state index is 13.5. The summed E-state index contributed by atoms with van der Waals surface area (Å²) >= 11 is 1.08. The third-order valence-electron chi connectivity index (χ3n) is 2.08. The van der Waals surface area contributed by atoms with Crippen LogP contribution in [-0.2, 0) is 4.79 Å². The number of thioether (sulfide) groups is 1. The number of carbonyl (C=O) groups is 2.